The molecule has 0 atom stereocenters. The molecule has 0 amide bonds. The summed E-state index contributed by atoms with van der Waals surface area (Å²) in [6.07, 6.45) is 4.06. The van der Waals surface area contributed by atoms with E-state index in [1.165, 1.54) is 21.3 Å². The van der Waals surface area contributed by atoms with Crippen LogP contribution in [-0.2, 0) is 19.6 Å². The molecule has 4 aromatic rings. The molecule has 4 rings (SSSR count). The predicted molar refractivity (Wildman–Crippen MR) is 115 cm³/mol. The summed E-state index contributed by atoms with van der Waals surface area (Å²) >= 11 is 0. The Morgan fingerprint density at radius 3 is 2.61 bits per heavy atom. The zero-order chi connectivity index (χ0) is 22.0. The number of hydrogen-bond donors (Lipinski definition) is 1. The van der Waals surface area contributed by atoms with Gasteiger partial charge in [0.1, 0.15) is 23.7 Å². The number of fused-ring (bicyclic) bond motifs is 1. The molecule has 31 heavy (non-hydrogen) atoms. The summed E-state index contributed by atoms with van der Waals surface area (Å²) in [6.45, 7) is 4.85. The standard InChI is InChI=1S/C22H21FN6O2/c1-3-11-29-21(30)18-20(28(4-2)22(29)31)26-19(25-18)16-13-24-27(14-16)12-5-6-15-7-9-17(23)10-8-15/h7-10,13-14H,3-4,11-12H2,1-2H3,(H,25,26). The molecule has 0 unspecified atom stereocenters. The number of halogens is 1. The number of aromatic nitrogens is 6. The number of rotatable bonds is 5. The van der Waals surface area contributed by atoms with Crippen LogP contribution >= 0.6 is 0 Å². The number of benzene rings is 1. The molecule has 1 aromatic carbocycles. The molecule has 0 aliphatic heterocycles. The topological polar surface area (TPSA) is 90.5 Å². The highest BCUT2D eigenvalue weighted by atomic mass is 19.1. The van der Waals surface area contributed by atoms with Crippen LogP contribution in [0.5, 0.6) is 0 Å². The molecule has 0 aliphatic carbocycles. The van der Waals surface area contributed by atoms with E-state index < -0.39 is 0 Å². The number of aromatic amines is 1. The van der Waals surface area contributed by atoms with Crippen molar-refractivity contribution in [1.29, 1.82) is 0 Å². The van der Waals surface area contributed by atoms with E-state index in [4.69, 9.17) is 0 Å². The molecule has 0 saturated heterocycles. The second-order valence-corrected chi connectivity index (χ2v) is 7.00. The van der Waals surface area contributed by atoms with Crippen molar-refractivity contribution in [3.63, 3.8) is 0 Å². The minimum Gasteiger partial charge on any atom is -0.332 e. The Hall–Kier alpha value is -3.93. The first kappa shape index (κ1) is 20.3. The third kappa shape index (κ3) is 3.92. The average Bonchev–Trinajstić information content (AvgIpc) is 3.40. The number of H-pyrrole nitrogens is 1. The molecule has 0 bridgehead atoms. The van der Waals surface area contributed by atoms with E-state index in [0.717, 1.165) is 0 Å². The van der Waals surface area contributed by atoms with Gasteiger partial charge in [-0.3, -0.25) is 18.6 Å². The number of nitrogens with zero attached hydrogens (tertiary/aromatic N) is 5. The number of aryl methyl sites for hydroxylation is 1. The molecule has 0 fully saturated rings. The first-order valence-corrected chi connectivity index (χ1v) is 10.0. The Bertz CT molecular complexity index is 1410. The fourth-order valence-electron chi connectivity index (χ4n) is 3.34. The molecular formula is C22H21FN6O2. The van der Waals surface area contributed by atoms with Crippen molar-refractivity contribution in [3.05, 3.63) is 68.9 Å². The number of nitrogens with one attached hydrogen (secondary N) is 1. The number of hydrogen-bond acceptors (Lipinski definition) is 4. The van der Waals surface area contributed by atoms with E-state index in [1.807, 2.05) is 13.8 Å². The maximum Gasteiger partial charge on any atom is 0.332 e. The fraction of sp³-hybridized carbons (Fsp3) is 0.273. The number of imidazole rings is 1. The lowest BCUT2D eigenvalue weighted by molar-refractivity contribution is 0.572. The van der Waals surface area contributed by atoms with Crippen molar-refractivity contribution in [2.45, 2.75) is 39.9 Å². The fourth-order valence-corrected chi connectivity index (χ4v) is 3.34. The molecule has 0 spiro atoms. The zero-order valence-electron chi connectivity index (χ0n) is 17.2. The van der Waals surface area contributed by atoms with Crippen molar-refractivity contribution < 1.29 is 4.39 Å². The van der Waals surface area contributed by atoms with E-state index in [1.54, 1.807) is 29.2 Å². The minimum atomic E-state index is -0.372. The second-order valence-electron chi connectivity index (χ2n) is 7.00. The average molecular weight is 420 g/mol. The smallest absolute Gasteiger partial charge is 0.332 e. The Morgan fingerprint density at radius 2 is 1.90 bits per heavy atom. The molecule has 0 aliphatic rings. The van der Waals surface area contributed by atoms with E-state index >= 15 is 0 Å². The van der Waals surface area contributed by atoms with Crippen molar-refractivity contribution in [2.75, 3.05) is 0 Å². The lowest BCUT2D eigenvalue weighted by Crippen LogP contribution is -2.39. The monoisotopic (exact) mass is 420 g/mol. The molecule has 3 aromatic heterocycles. The first-order valence-electron chi connectivity index (χ1n) is 10.0. The summed E-state index contributed by atoms with van der Waals surface area (Å²) < 4.78 is 17.3. The second kappa shape index (κ2) is 8.44. The third-order valence-electron chi connectivity index (χ3n) is 4.85. The largest absolute Gasteiger partial charge is 0.332 e. The molecule has 158 valence electrons. The third-order valence-corrected chi connectivity index (χ3v) is 4.85. The minimum absolute atomic E-state index is 0.300. The molecular weight excluding hydrogens is 399 g/mol. The van der Waals surface area contributed by atoms with Crippen molar-refractivity contribution in [1.82, 2.24) is 28.9 Å². The van der Waals surface area contributed by atoms with Crippen LogP contribution in [0.25, 0.3) is 22.6 Å². The van der Waals surface area contributed by atoms with Crippen molar-refractivity contribution >= 4 is 11.2 Å². The SMILES string of the molecule is CCCn1c(=O)c2[nH]c(-c3cnn(CC#Cc4ccc(F)cc4)c3)nc2n(CC)c1=O. The highest BCUT2D eigenvalue weighted by molar-refractivity contribution is 5.75. The van der Waals surface area contributed by atoms with Gasteiger partial charge in [-0.15, -0.1) is 0 Å². The first-order chi connectivity index (χ1) is 15.0. The summed E-state index contributed by atoms with van der Waals surface area (Å²) in [6, 6.07) is 5.96. The summed E-state index contributed by atoms with van der Waals surface area (Å²) in [4.78, 5) is 33.0. The molecule has 3 heterocycles. The maximum atomic E-state index is 13.0. The molecule has 8 nitrogen and oxygen atoms in total. The van der Waals surface area contributed by atoms with Crippen LogP contribution in [0.2, 0.25) is 0 Å². The highest BCUT2D eigenvalue weighted by Crippen LogP contribution is 2.17. The predicted octanol–water partition coefficient (Wildman–Crippen LogP) is 2.37. The zero-order valence-corrected chi connectivity index (χ0v) is 17.2. The normalized spacial score (nSPS) is 10.9. The van der Waals surface area contributed by atoms with Gasteiger partial charge < -0.3 is 4.98 Å². The quantitative estimate of drug-likeness (QED) is 0.502. The van der Waals surface area contributed by atoms with Gasteiger partial charge in [-0.2, -0.15) is 5.10 Å². The Kier molecular flexibility index (Phi) is 5.54. The van der Waals surface area contributed by atoms with Crippen LogP contribution in [0.4, 0.5) is 4.39 Å². The van der Waals surface area contributed by atoms with Crippen LogP contribution < -0.4 is 11.2 Å². The molecule has 9 heteroatoms. The van der Waals surface area contributed by atoms with Crippen LogP contribution in [0.1, 0.15) is 25.8 Å². The van der Waals surface area contributed by atoms with E-state index in [9.17, 15) is 14.0 Å². The van der Waals surface area contributed by atoms with Gasteiger partial charge in [-0.05, 0) is 37.6 Å². The lowest BCUT2D eigenvalue weighted by Gasteiger charge is -2.07. The van der Waals surface area contributed by atoms with E-state index in [2.05, 4.69) is 26.9 Å². The molecule has 0 radical (unpaired) electrons. The van der Waals surface area contributed by atoms with Gasteiger partial charge in [-0.25, -0.2) is 14.2 Å². The van der Waals surface area contributed by atoms with Gasteiger partial charge >= 0.3 is 5.69 Å². The Morgan fingerprint density at radius 1 is 1.13 bits per heavy atom. The van der Waals surface area contributed by atoms with E-state index in [0.29, 0.717) is 54.2 Å². The van der Waals surface area contributed by atoms with E-state index in [-0.39, 0.29) is 17.1 Å². The lowest BCUT2D eigenvalue weighted by atomic mass is 10.2. The van der Waals surface area contributed by atoms with Crippen LogP contribution in [0.3, 0.4) is 0 Å². The van der Waals surface area contributed by atoms with Gasteiger partial charge in [-0.1, -0.05) is 18.8 Å². The van der Waals surface area contributed by atoms with Gasteiger partial charge in [0.05, 0.1) is 11.8 Å². The highest BCUT2D eigenvalue weighted by Gasteiger charge is 2.17. The van der Waals surface area contributed by atoms with Crippen LogP contribution in [0, 0.1) is 17.7 Å². The molecule has 1 N–H and O–H groups in total. The Labute approximate surface area is 177 Å². The van der Waals surface area contributed by atoms with Crippen LogP contribution in [-0.4, -0.2) is 28.9 Å². The van der Waals surface area contributed by atoms with Crippen molar-refractivity contribution in [3.8, 4) is 23.2 Å². The summed E-state index contributed by atoms with van der Waals surface area (Å²) in [5, 5.41) is 4.28. The van der Waals surface area contributed by atoms with Crippen molar-refractivity contribution in [2.24, 2.45) is 0 Å². The van der Waals surface area contributed by atoms with Gasteiger partial charge in [0.15, 0.2) is 5.65 Å². The van der Waals surface area contributed by atoms with Gasteiger partial charge in [0, 0.05) is 24.8 Å². The summed E-state index contributed by atoms with van der Waals surface area (Å²) in [5.74, 6) is 6.09. The summed E-state index contributed by atoms with van der Waals surface area (Å²) in [5.41, 5.74) is 1.30. The Balaban J connectivity index is 1.65. The van der Waals surface area contributed by atoms with Gasteiger partial charge in [0.2, 0.25) is 0 Å². The van der Waals surface area contributed by atoms with Crippen LogP contribution in [0.15, 0.2) is 46.2 Å². The van der Waals surface area contributed by atoms with Gasteiger partial charge in [0.25, 0.3) is 5.56 Å². The summed E-state index contributed by atoms with van der Waals surface area (Å²) in [7, 11) is 0. The molecule has 0 saturated carbocycles. The maximum absolute atomic E-state index is 13.0.